The molecular weight excluding hydrogens is 362 g/mol. The molecule has 8 heteroatoms. The first-order chi connectivity index (χ1) is 13.2. The number of para-hydroxylation sites is 1. The third-order valence-electron chi connectivity index (χ3n) is 4.67. The fraction of sp³-hybridized carbons (Fsp3) is 0.368. The van der Waals surface area contributed by atoms with Gasteiger partial charge in [0.2, 0.25) is 11.1 Å². The van der Waals surface area contributed by atoms with Crippen LogP contribution in [0.25, 0.3) is 16.9 Å². The van der Waals surface area contributed by atoms with E-state index in [1.807, 2.05) is 36.4 Å². The Bertz CT molecular complexity index is 952. The minimum absolute atomic E-state index is 0.0320. The lowest BCUT2D eigenvalue weighted by Gasteiger charge is -2.11. The fourth-order valence-electron chi connectivity index (χ4n) is 3.33. The van der Waals surface area contributed by atoms with Crippen LogP contribution in [0.4, 0.5) is 0 Å². The Kier molecular flexibility index (Phi) is 5.24. The molecule has 2 aromatic heterocycles. The number of methoxy groups -OCH3 is 1. The number of aromatic nitrogens is 4. The summed E-state index contributed by atoms with van der Waals surface area (Å²) in [6.07, 6.45) is 4.55. The van der Waals surface area contributed by atoms with Crippen LogP contribution in [0, 0.1) is 0 Å². The zero-order valence-corrected chi connectivity index (χ0v) is 15.9. The molecule has 1 fully saturated rings. The molecule has 0 atom stereocenters. The Hall–Kier alpha value is -2.61. The number of benzene rings is 1. The van der Waals surface area contributed by atoms with E-state index >= 15 is 0 Å². The lowest BCUT2D eigenvalue weighted by atomic mass is 10.1. The number of carbonyl (C=O) groups excluding carboxylic acids is 1. The Labute approximate surface area is 161 Å². The highest BCUT2D eigenvalue weighted by Crippen LogP contribution is 2.28. The van der Waals surface area contributed by atoms with E-state index in [2.05, 4.69) is 20.6 Å². The van der Waals surface area contributed by atoms with Crippen LogP contribution >= 0.6 is 11.8 Å². The van der Waals surface area contributed by atoms with Crippen LogP contribution in [0.2, 0.25) is 0 Å². The SMILES string of the molecule is COc1ccccc1-c1ccc2nnc(SCC(=O)NC3CCCC3)n2n1. The van der Waals surface area contributed by atoms with Gasteiger partial charge >= 0.3 is 0 Å². The number of hydrogen-bond donors (Lipinski definition) is 1. The van der Waals surface area contributed by atoms with Gasteiger partial charge in [-0.3, -0.25) is 4.79 Å². The molecule has 1 N–H and O–H groups in total. The fourth-order valence-corrected chi connectivity index (χ4v) is 4.03. The van der Waals surface area contributed by atoms with Gasteiger partial charge in [0, 0.05) is 11.6 Å². The summed E-state index contributed by atoms with van der Waals surface area (Å²) < 4.78 is 7.10. The van der Waals surface area contributed by atoms with Gasteiger partial charge in [0.1, 0.15) is 5.75 Å². The number of nitrogens with zero attached hydrogens (tertiary/aromatic N) is 4. The molecule has 1 saturated carbocycles. The lowest BCUT2D eigenvalue weighted by molar-refractivity contribution is -0.119. The second-order valence-corrected chi connectivity index (χ2v) is 7.45. The lowest BCUT2D eigenvalue weighted by Crippen LogP contribution is -2.33. The summed E-state index contributed by atoms with van der Waals surface area (Å²) in [5.74, 6) is 1.09. The van der Waals surface area contributed by atoms with Crippen LogP contribution in [0.15, 0.2) is 41.6 Å². The largest absolute Gasteiger partial charge is 0.496 e. The van der Waals surface area contributed by atoms with Crippen molar-refractivity contribution in [3.8, 4) is 17.0 Å². The van der Waals surface area contributed by atoms with Gasteiger partial charge in [0.05, 0.1) is 18.6 Å². The van der Waals surface area contributed by atoms with E-state index in [1.165, 1.54) is 24.6 Å². The van der Waals surface area contributed by atoms with E-state index in [0.717, 1.165) is 29.8 Å². The highest BCUT2D eigenvalue weighted by molar-refractivity contribution is 7.99. The van der Waals surface area contributed by atoms with Crippen molar-refractivity contribution in [2.45, 2.75) is 36.9 Å². The molecule has 1 aliphatic rings. The molecule has 0 radical (unpaired) electrons. The molecule has 140 valence electrons. The van der Waals surface area contributed by atoms with Crippen LogP contribution < -0.4 is 10.1 Å². The monoisotopic (exact) mass is 383 g/mol. The molecule has 0 saturated heterocycles. The van der Waals surface area contributed by atoms with Gasteiger partial charge in [-0.2, -0.15) is 9.61 Å². The molecule has 0 bridgehead atoms. The molecule has 1 aliphatic carbocycles. The summed E-state index contributed by atoms with van der Waals surface area (Å²) in [4.78, 5) is 12.2. The minimum atomic E-state index is 0.0320. The van der Waals surface area contributed by atoms with E-state index in [9.17, 15) is 4.79 Å². The third-order valence-corrected chi connectivity index (χ3v) is 5.59. The van der Waals surface area contributed by atoms with Crippen LogP contribution in [0.5, 0.6) is 5.75 Å². The van der Waals surface area contributed by atoms with Gasteiger partial charge in [0.25, 0.3) is 0 Å². The average Bonchev–Trinajstić information content (AvgIpc) is 3.35. The van der Waals surface area contributed by atoms with Gasteiger partial charge in [-0.25, -0.2) is 0 Å². The third kappa shape index (κ3) is 3.90. The number of thioether (sulfide) groups is 1. The molecule has 0 spiro atoms. The first-order valence-corrected chi connectivity index (χ1v) is 10.0. The minimum Gasteiger partial charge on any atom is -0.496 e. The Morgan fingerprint density at radius 3 is 2.85 bits per heavy atom. The number of rotatable bonds is 6. The van der Waals surface area contributed by atoms with E-state index in [-0.39, 0.29) is 5.91 Å². The smallest absolute Gasteiger partial charge is 0.230 e. The first kappa shape index (κ1) is 17.8. The number of amides is 1. The predicted octanol–water partition coefficient (Wildman–Crippen LogP) is 2.95. The summed E-state index contributed by atoms with van der Waals surface area (Å²) in [6.45, 7) is 0. The van der Waals surface area contributed by atoms with Crippen LogP contribution in [-0.4, -0.2) is 44.6 Å². The molecular formula is C19H21N5O2S. The van der Waals surface area contributed by atoms with Gasteiger partial charge < -0.3 is 10.1 Å². The summed E-state index contributed by atoms with van der Waals surface area (Å²) in [7, 11) is 1.64. The van der Waals surface area contributed by atoms with Gasteiger partial charge in [-0.15, -0.1) is 10.2 Å². The maximum absolute atomic E-state index is 12.2. The van der Waals surface area contributed by atoms with Crippen molar-refractivity contribution in [1.82, 2.24) is 25.1 Å². The van der Waals surface area contributed by atoms with Crippen molar-refractivity contribution in [2.24, 2.45) is 0 Å². The standard InChI is InChI=1S/C19H21N5O2S/c1-26-16-9-5-4-8-14(16)15-10-11-17-21-22-19(24(17)23-15)27-12-18(25)20-13-6-2-3-7-13/h4-5,8-11,13H,2-3,6-7,12H2,1H3,(H,20,25). The maximum Gasteiger partial charge on any atom is 0.230 e. The molecule has 1 aromatic carbocycles. The molecule has 7 nitrogen and oxygen atoms in total. The molecule has 0 aliphatic heterocycles. The van der Waals surface area contributed by atoms with Crippen molar-refractivity contribution in [3.63, 3.8) is 0 Å². The van der Waals surface area contributed by atoms with Crippen molar-refractivity contribution in [3.05, 3.63) is 36.4 Å². The average molecular weight is 383 g/mol. The topological polar surface area (TPSA) is 81.4 Å². The van der Waals surface area contributed by atoms with Crippen LogP contribution in [0.1, 0.15) is 25.7 Å². The second kappa shape index (κ2) is 7.96. The summed E-state index contributed by atoms with van der Waals surface area (Å²) in [6, 6.07) is 11.8. The molecule has 0 unspecified atom stereocenters. The summed E-state index contributed by atoms with van der Waals surface area (Å²) in [5.41, 5.74) is 2.30. The number of ether oxygens (including phenoxy) is 1. The zero-order chi connectivity index (χ0) is 18.6. The molecule has 4 rings (SSSR count). The number of hydrogen-bond acceptors (Lipinski definition) is 6. The van der Waals surface area contributed by atoms with Crippen LogP contribution in [-0.2, 0) is 4.79 Å². The predicted molar refractivity (Wildman–Crippen MR) is 104 cm³/mol. The van der Waals surface area contributed by atoms with Gasteiger partial charge in [0.15, 0.2) is 5.65 Å². The summed E-state index contributed by atoms with van der Waals surface area (Å²) >= 11 is 1.35. The van der Waals surface area contributed by atoms with Crippen molar-refractivity contribution < 1.29 is 9.53 Å². The quantitative estimate of drug-likeness (QED) is 0.659. The van der Waals surface area contributed by atoms with E-state index in [1.54, 1.807) is 11.6 Å². The highest BCUT2D eigenvalue weighted by atomic mass is 32.2. The zero-order valence-electron chi connectivity index (χ0n) is 15.1. The van der Waals surface area contributed by atoms with E-state index in [4.69, 9.17) is 4.74 Å². The number of nitrogens with one attached hydrogen (secondary N) is 1. The van der Waals surface area contributed by atoms with Crippen molar-refractivity contribution >= 4 is 23.3 Å². The Balaban J connectivity index is 1.52. The van der Waals surface area contributed by atoms with Gasteiger partial charge in [-0.05, 0) is 37.1 Å². The van der Waals surface area contributed by atoms with Crippen molar-refractivity contribution in [1.29, 1.82) is 0 Å². The molecule has 27 heavy (non-hydrogen) atoms. The number of carbonyl (C=O) groups is 1. The first-order valence-electron chi connectivity index (χ1n) is 9.02. The van der Waals surface area contributed by atoms with Gasteiger partial charge in [-0.1, -0.05) is 36.7 Å². The Morgan fingerprint density at radius 2 is 2.04 bits per heavy atom. The van der Waals surface area contributed by atoms with E-state index in [0.29, 0.717) is 22.6 Å². The molecule has 2 heterocycles. The van der Waals surface area contributed by atoms with E-state index < -0.39 is 0 Å². The highest BCUT2D eigenvalue weighted by Gasteiger charge is 2.18. The van der Waals surface area contributed by atoms with Crippen molar-refractivity contribution in [2.75, 3.05) is 12.9 Å². The second-order valence-electron chi connectivity index (χ2n) is 6.51. The van der Waals surface area contributed by atoms with Crippen LogP contribution in [0.3, 0.4) is 0 Å². The summed E-state index contributed by atoms with van der Waals surface area (Å²) in [5, 5.41) is 16.7. The molecule has 1 amide bonds. The Morgan fingerprint density at radius 1 is 1.22 bits per heavy atom. The maximum atomic E-state index is 12.2. The molecule has 3 aromatic rings. The number of fused-ring (bicyclic) bond motifs is 1. The normalized spacial score (nSPS) is 14.6.